The Morgan fingerprint density at radius 3 is 3.00 bits per heavy atom. The van der Waals surface area contributed by atoms with Gasteiger partial charge >= 0.3 is 0 Å². The molecule has 4 nitrogen and oxygen atoms in total. The summed E-state index contributed by atoms with van der Waals surface area (Å²) in [6, 6.07) is 7.39. The van der Waals surface area contributed by atoms with Gasteiger partial charge in [0, 0.05) is 17.1 Å². The Kier molecular flexibility index (Phi) is 2.73. The normalized spacial score (nSPS) is 9.93. The van der Waals surface area contributed by atoms with Crippen LogP contribution >= 0.6 is 11.5 Å². The van der Waals surface area contributed by atoms with E-state index in [0.29, 0.717) is 10.7 Å². The monoisotopic (exact) mass is 219 g/mol. The van der Waals surface area contributed by atoms with E-state index in [1.165, 1.54) is 6.33 Å². The highest BCUT2D eigenvalue weighted by molar-refractivity contribution is 7.09. The highest BCUT2D eigenvalue weighted by atomic mass is 32.1. The van der Waals surface area contributed by atoms with Crippen molar-refractivity contribution in [2.75, 3.05) is 5.32 Å². The van der Waals surface area contributed by atoms with Crippen molar-refractivity contribution >= 4 is 22.6 Å². The van der Waals surface area contributed by atoms with E-state index in [-0.39, 0.29) is 5.91 Å². The molecule has 1 heterocycles. The summed E-state index contributed by atoms with van der Waals surface area (Å²) in [4.78, 5) is 15.6. The second-order valence-corrected chi connectivity index (χ2v) is 3.85. The summed E-state index contributed by atoms with van der Waals surface area (Å²) in [6.07, 6.45) is 1.41. The van der Waals surface area contributed by atoms with E-state index in [4.69, 9.17) is 0 Å². The molecule has 0 aliphatic heterocycles. The van der Waals surface area contributed by atoms with E-state index in [9.17, 15) is 4.79 Å². The SMILES string of the molecule is Cc1cccc(C(=O)Nc2ncns2)c1. The first kappa shape index (κ1) is 9.79. The number of hydrogen-bond acceptors (Lipinski definition) is 4. The highest BCUT2D eigenvalue weighted by Crippen LogP contribution is 2.10. The molecule has 1 aromatic carbocycles. The first-order valence-electron chi connectivity index (χ1n) is 4.40. The lowest BCUT2D eigenvalue weighted by Crippen LogP contribution is -2.11. The Hall–Kier alpha value is -1.75. The number of carbonyl (C=O) groups is 1. The Morgan fingerprint density at radius 2 is 2.33 bits per heavy atom. The van der Waals surface area contributed by atoms with Crippen LogP contribution in [0.15, 0.2) is 30.6 Å². The van der Waals surface area contributed by atoms with E-state index in [0.717, 1.165) is 17.1 Å². The molecule has 0 spiro atoms. The molecule has 2 aromatic rings. The fourth-order valence-electron chi connectivity index (χ4n) is 1.18. The van der Waals surface area contributed by atoms with E-state index in [2.05, 4.69) is 14.7 Å². The van der Waals surface area contributed by atoms with Gasteiger partial charge in [-0.2, -0.15) is 4.37 Å². The number of nitrogens with zero attached hydrogens (tertiary/aromatic N) is 2. The van der Waals surface area contributed by atoms with Crippen LogP contribution in [0.4, 0.5) is 5.13 Å². The van der Waals surface area contributed by atoms with Crippen LogP contribution in [0.3, 0.4) is 0 Å². The average molecular weight is 219 g/mol. The van der Waals surface area contributed by atoms with Gasteiger partial charge in [-0.1, -0.05) is 17.7 Å². The van der Waals surface area contributed by atoms with Gasteiger partial charge in [-0.05, 0) is 19.1 Å². The number of anilines is 1. The summed E-state index contributed by atoms with van der Waals surface area (Å²) in [6.45, 7) is 1.95. The van der Waals surface area contributed by atoms with Crippen LogP contribution in [0.2, 0.25) is 0 Å². The maximum absolute atomic E-state index is 11.7. The Morgan fingerprint density at radius 1 is 1.47 bits per heavy atom. The number of benzene rings is 1. The molecule has 1 N–H and O–H groups in total. The lowest BCUT2D eigenvalue weighted by molar-refractivity contribution is 0.102. The van der Waals surface area contributed by atoms with Crippen LogP contribution in [0.1, 0.15) is 15.9 Å². The quantitative estimate of drug-likeness (QED) is 0.841. The molecule has 0 bridgehead atoms. The van der Waals surface area contributed by atoms with Crippen LogP contribution in [0, 0.1) is 6.92 Å². The summed E-state index contributed by atoms with van der Waals surface area (Å²) in [7, 11) is 0. The minimum absolute atomic E-state index is 0.157. The van der Waals surface area contributed by atoms with Gasteiger partial charge in [-0.3, -0.25) is 10.1 Å². The van der Waals surface area contributed by atoms with Crippen molar-refractivity contribution in [2.45, 2.75) is 6.92 Å². The zero-order chi connectivity index (χ0) is 10.7. The minimum Gasteiger partial charge on any atom is -0.297 e. The van der Waals surface area contributed by atoms with Gasteiger partial charge in [-0.15, -0.1) is 0 Å². The number of aromatic nitrogens is 2. The molecular weight excluding hydrogens is 210 g/mol. The first-order valence-corrected chi connectivity index (χ1v) is 5.18. The lowest BCUT2D eigenvalue weighted by atomic mass is 10.1. The average Bonchev–Trinajstić information content (AvgIpc) is 2.70. The van der Waals surface area contributed by atoms with Crippen molar-refractivity contribution < 1.29 is 4.79 Å². The summed E-state index contributed by atoms with van der Waals surface area (Å²) >= 11 is 1.16. The third kappa shape index (κ3) is 2.38. The lowest BCUT2D eigenvalue weighted by Gasteiger charge is -2.01. The van der Waals surface area contributed by atoms with Crippen molar-refractivity contribution in [2.24, 2.45) is 0 Å². The Bertz CT molecular complexity index is 467. The molecule has 0 atom stereocenters. The van der Waals surface area contributed by atoms with Crippen molar-refractivity contribution in [3.05, 3.63) is 41.7 Å². The van der Waals surface area contributed by atoms with Gasteiger partial charge in [0.15, 0.2) is 0 Å². The zero-order valence-corrected chi connectivity index (χ0v) is 8.91. The van der Waals surface area contributed by atoms with Crippen LogP contribution in [0.25, 0.3) is 0 Å². The molecule has 1 aromatic heterocycles. The third-order valence-electron chi connectivity index (χ3n) is 1.86. The number of amides is 1. The van der Waals surface area contributed by atoms with E-state index >= 15 is 0 Å². The third-order valence-corrected chi connectivity index (χ3v) is 2.44. The van der Waals surface area contributed by atoms with Gasteiger partial charge in [0.05, 0.1) is 0 Å². The number of carbonyl (C=O) groups excluding carboxylic acids is 1. The fraction of sp³-hybridized carbons (Fsp3) is 0.100. The molecule has 0 fully saturated rings. The van der Waals surface area contributed by atoms with Gasteiger partial charge in [0.1, 0.15) is 6.33 Å². The Balaban J connectivity index is 2.15. The highest BCUT2D eigenvalue weighted by Gasteiger charge is 2.07. The molecule has 15 heavy (non-hydrogen) atoms. The van der Waals surface area contributed by atoms with Gasteiger partial charge < -0.3 is 0 Å². The van der Waals surface area contributed by atoms with Crippen LogP contribution < -0.4 is 5.32 Å². The molecule has 0 radical (unpaired) electrons. The second-order valence-electron chi connectivity index (χ2n) is 3.07. The summed E-state index contributed by atoms with van der Waals surface area (Å²) in [5.41, 5.74) is 1.69. The maximum atomic E-state index is 11.7. The standard InChI is InChI=1S/C10H9N3OS/c1-7-3-2-4-8(5-7)9(14)13-10-11-6-12-15-10/h2-6H,1H3,(H,11,12,13,14). The van der Waals surface area contributed by atoms with E-state index in [1.807, 2.05) is 25.1 Å². The van der Waals surface area contributed by atoms with Crippen molar-refractivity contribution in [3.63, 3.8) is 0 Å². The predicted octanol–water partition coefficient (Wildman–Crippen LogP) is 2.10. The number of hydrogen-bond donors (Lipinski definition) is 1. The summed E-state index contributed by atoms with van der Waals surface area (Å²) in [5, 5.41) is 3.19. The molecule has 5 heteroatoms. The molecule has 2 rings (SSSR count). The van der Waals surface area contributed by atoms with Crippen molar-refractivity contribution in [1.29, 1.82) is 0 Å². The first-order chi connectivity index (χ1) is 7.25. The largest absolute Gasteiger partial charge is 0.297 e. The van der Waals surface area contributed by atoms with E-state index < -0.39 is 0 Å². The Labute approximate surface area is 91.2 Å². The number of rotatable bonds is 2. The van der Waals surface area contributed by atoms with E-state index in [1.54, 1.807) is 6.07 Å². The van der Waals surface area contributed by atoms with Gasteiger partial charge in [0.2, 0.25) is 5.13 Å². The number of nitrogens with one attached hydrogen (secondary N) is 1. The molecular formula is C10H9N3OS. The van der Waals surface area contributed by atoms with Gasteiger partial charge in [0.25, 0.3) is 5.91 Å². The van der Waals surface area contributed by atoms with Crippen molar-refractivity contribution in [1.82, 2.24) is 9.36 Å². The van der Waals surface area contributed by atoms with Crippen LogP contribution in [-0.2, 0) is 0 Å². The smallest absolute Gasteiger partial charge is 0.257 e. The molecule has 0 aliphatic rings. The van der Waals surface area contributed by atoms with Crippen molar-refractivity contribution in [3.8, 4) is 0 Å². The van der Waals surface area contributed by atoms with Gasteiger partial charge in [-0.25, -0.2) is 4.98 Å². The topological polar surface area (TPSA) is 54.9 Å². The maximum Gasteiger partial charge on any atom is 0.257 e. The fourth-order valence-corrected chi connectivity index (χ4v) is 1.61. The molecule has 0 aliphatic carbocycles. The molecule has 76 valence electrons. The van der Waals surface area contributed by atoms with Crippen LogP contribution in [0.5, 0.6) is 0 Å². The summed E-state index contributed by atoms with van der Waals surface area (Å²) in [5.74, 6) is -0.157. The molecule has 0 saturated heterocycles. The predicted molar refractivity (Wildman–Crippen MR) is 59.0 cm³/mol. The second kappa shape index (κ2) is 4.18. The summed E-state index contributed by atoms with van der Waals surface area (Å²) < 4.78 is 3.80. The molecule has 0 unspecified atom stereocenters. The number of aryl methyl sites for hydroxylation is 1. The molecule has 1 amide bonds. The zero-order valence-electron chi connectivity index (χ0n) is 8.10. The van der Waals surface area contributed by atoms with Crippen LogP contribution in [-0.4, -0.2) is 15.3 Å². The molecule has 0 saturated carbocycles. The minimum atomic E-state index is -0.157.